The number of piperidine rings is 1. The average Bonchev–Trinajstić information content (AvgIpc) is 2.84. The first-order valence-corrected chi connectivity index (χ1v) is 6.65. The fraction of sp³-hybridized carbons (Fsp3) is 0.467. The molecule has 0 saturated carbocycles. The van der Waals surface area contributed by atoms with Crippen LogP contribution in [0.5, 0.6) is 0 Å². The third kappa shape index (κ3) is 1.93. The molecule has 1 fully saturated rings. The second-order valence-corrected chi connectivity index (χ2v) is 5.11. The Bertz CT molecular complexity index is 505. The lowest BCUT2D eigenvalue weighted by molar-refractivity contribution is -0.0399. The first-order valence-electron chi connectivity index (χ1n) is 6.65. The number of benzene rings is 1. The molecule has 3 heteroatoms. The molecule has 3 rings (SSSR count). The van der Waals surface area contributed by atoms with Gasteiger partial charge in [0.15, 0.2) is 0 Å². The Hall–Kier alpha value is -1.32. The Labute approximate surface area is 107 Å². The molecular formula is C15H19NO2. The van der Waals surface area contributed by atoms with Gasteiger partial charge in [0.2, 0.25) is 0 Å². The fourth-order valence-corrected chi connectivity index (χ4v) is 2.70. The van der Waals surface area contributed by atoms with Crippen LogP contribution in [0.15, 0.2) is 34.7 Å². The van der Waals surface area contributed by atoms with Gasteiger partial charge < -0.3 is 14.4 Å². The third-order valence-corrected chi connectivity index (χ3v) is 4.01. The molecule has 1 saturated heterocycles. The van der Waals surface area contributed by atoms with Crippen molar-refractivity contribution >= 4 is 11.0 Å². The zero-order valence-corrected chi connectivity index (χ0v) is 10.7. The van der Waals surface area contributed by atoms with E-state index < -0.39 is 5.60 Å². The van der Waals surface area contributed by atoms with Gasteiger partial charge >= 0.3 is 0 Å². The second kappa shape index (κ2) is 4.41. The molecule has 1 aromatic heterocycles. The van der Waals surface area contributed by atoms with Crippen molar-refractivity contribution in [3.8, 4) is 0 Å². The smallest absolute Gasteiger partial charge is 0.136 e. The first kappa shape index (κ1) is 11.8. The van der Waals surface area contributed by atoms with Crippen molar-refractivity contribution in [1.29, 1.82) is 0 Å². The zero-order chi connectivity index (χ0) is 12.6. The van der Waals surface area contributed by atoms with Gasteiger partial charge in [0.05, 0.1) is 0 Å². The summed E-state index contributed by atoms with van der Waals surface area (Å²) in [5.74, 6) is 0.722. The Morgan fingerprint density at radius 3 is 2.67 bits per heavy atom. The fourth-order valence-electron chi connectivity index (χ4n) is 2.70. The number of likely N-dealkylation sites (tertiary alicyclic amines) is 1. The largest absolute Gasteiger partial charge is 0.458 e. The standard InChI is InChI=1S/C15H19NO2/c1-2-16-9-7-15(17,8-10-16)14-11-12-5-3-4-6-13(12)18-14/h3-6,11,17H,2,7-10H2,1H3. The maximum absolute atomic E-state index is 10.7. The third-order valence-electron chi connectivity index (χ3n) is 4.01. The molecular weight excluding hydrogens is 226 g/mol. The van der Waals surface area contributed by atoms with E-state index in [4.69, 9.17) is 4.42 Å². The normalized spacial score (nSPS) is 20.3. The highest BCUT2D eigenvalue weighted by molar-refractivity contribution is 5.77. The summed E-state index contributed by atoms with van der Waals surface area (Å²) < 4.78 is 5.81. The van der Waals surface area contributed by atoms with Crippen LogP contribution in [0.3, 0.4) is 0 Å². The molecule has 2 aromatic rings. The number of para-hydroxylation sites is 1. The van der Waals surface area contributed by atoms with Gasteiger partial charge in [-0.25, -0.2) is 0 Å². The summed E-state index contributed by atoms with van der Waals surface area (Å²) in [7, 11) is 0. The molecule has 96 valence electrons. The van der Waals surface area contributed by atoms with Gasteiger partial charge in [0, 0.05) is 18.5 Å². The van der Waals surface area contributed by atoms with E-state index in [1.165, 1.54) is 0 Å². The minimum atomic E-state index is -0.787. The first-order chi connectivity index (χ1) is 8.71. The number of furan rings is 1. The summed E-state index contributed by atoms with van der Waals surface area (Å²) in [6.07, 6.45) is 1.50. The molecule has 0 amide bonds. The van der Waals surface area contributed by atoms with E-state index in [0.717, 1.165) is 49.2 Å². The van der Waals surface area contributed by atoms with Crippen molar-refractivity contribution in [1.82, 2.24) is 4.90 Å². The van der Waals surface area contributed by atoms with Crippen LogP contribution in [0.25, 0.3) is 11.0 Å². The summed E-state index contributed by atoms with van der Waals surface area (Å²) in [6, 6.07) is 9.90. The van der Waals surface area contributed by atoms with E-state index >= 15 is 0 Å². The lowest BCUT2D eigenvalue weighted by atomic mass is 9.89. The monoisotopic (exact) mass is 245 g/mol. The molecule has 1 aromatic carbocycles. The number of fused-ring (bicyclic) bond motifs is 1. The summed E-state index contributed by atoms with van der Waals surface area (Å²) in [5.41, 5.74) is 0.0730. The van der Waals surface area contributed by atoms with Gasteiger partial charge in [0.1, 0.15) is 16.9 Å². The van der Waals surface area contributed by atoms with Crippen molar-refractivity contribution in [2.45, 2.75) is 25.4 Å². The van der Waals surface area contributed by atoms with Crippen molar-refractivity contribution in [3.63, 3.8) is 0 Å². The van der Waals surface area contributed by atoms with Gasteiger partial charge in [-0.3, -0.25) is 0 Å². The molecule has 0 bridgehead atoms. The number of rotatable bonds is 2. The molecule has 0 aliphatic carbocycles. The minimum absolute atomic E-state index is 0.722. The van der Waals surface area contributed by atoms with E-state index in [0.29, 0.717) is 0 Å². The molecule has 3 nitrogen and oxygen atoms in total. The maximum atomic E-state index is 10.7. The Morgan fingerprint density at radius 1 is 1.28 bits per heavy atom. The summed E-state index contributed by atoms with van der Waals surface area (Å²) in [6.45, 7) is 5.08. The molecule has 18 heavy (non-hydrogen) atoms. The van der Waals surface area contributed by atoms with Crippen molar-refractivity contribution < 1.29 is 9.52 Å². The van der Waals surface area contributed by atoms with Crippen molar-refractivity contribution in [3.05, 3.63) is 36.1 Å². The van der Waals surface area contributed by atoms with Gasteiger partial charge in [-0.2, -0.15) is 0 Å². The van der Waals surface area contributed by atoms with E-state index in [1.54, 1.807) is 0 Å². The number of hydrogen-bond donors (Lipinski definition) is 1. The second-order valence-electron chi connectivity index (χ2n) is 5.11. The van der Waals surface area contributed by atoms with Crippen LogP contribution in [0.4, 0.5) is 0 Å². The molecule has 2 heterocycles. The van der Waals surface area contributed by atoms with Gasteiger partial charge in [-0.1, -0.05) is 25.1 Å². The van der Waals surface area contributed by atoms with Crippen molar-refractivity contribution in [2.24, 2.45) is 0 Å². The van der Waals surface area contributed by atoms with Gasteiger partial charge in [0.25, 0.3) is 0 Å². The Kier molecular flexibility index (Phi) is 2.88. The number of nitrogens with zero attached hydrogens (tertiary/aromatic N) is 1. The average molecular weight is 245 g/mol. The van der Waals surface area contributed by atoms with E-state index in [9.17, 15) is 5.11 Å². The predicted octanol–water partition coefficient (Wildman–Crippen LogP) is 2.74. The SMILES string of the molecule is CCN1CCC(O)(c2cc3ccccc3o2)CC1. The van der Waals surface area contributed by atoms with Crippen molar-refractivity contribution in [2.75, 3.05) is 19.6 Å². The molecule has 0 spiro atoms. The summed E-state index contributed by atoms with van der Waals surface area (Å²) in [4.78, 5) is 2.36. The topological polar surface area (TPSA) is 36.6 Å². The van der Waals surface area contributed by atoms with Crippen LogP contribution in [-0.2, 0) is 5.60 Å². The highest BCUT2D eigenvalue weighted by Crippen LogP contribution is 2.35. The lowest BCUT2D eigenvalue weighted by Crippen LogP contribution is -2.42. The highest BCUT2D eigenvalue weighted by Gasteiger charge is 2.36. The van der Waals surface area contributed by atoms with Crippen LogP contribution < -0.4 is 0 Å². The van der Waals surface area contributed by atoms with E-state index in [2.05, 4.69) is 11.8 Å². The molecule has 0 radical (unpaired) electrons. The highest BCUT2D eigenvalue weighted by atomic mass is 16.4. The Balaban J connectivity index is 1.89. The van der Waals surface area contributed by atoms with E-state index in [1.807, 2.05) is 30.3 Å². The van der Waals surface area contributed by atoms with E-state index in [-0.39, 0.29) is 0 Å². The predicted molar refractivity (Wildman–Crippen MR) is 71.5 cm³/mol. The summed E-state index contributed by atoms with van der Waals surface area (Å²) in [5, 5.41) is 11.8. The van der Waals surface area contributed by atoms with Gasteiger partial charge in [-0.05, 0) is 31.5 Å². The number of hydrogen-bond acceptors (Lipinski definition) is 3. The zero-order valence-electron chi connectivity index (χ0n) is 10.7. The van der Waals surface area contributed by atoms with Crippen LogP contribution in [0, 0.1) is 0 Å². The summed E-state index contributed by atoms with van der Waals surface area (Å²) >= 11 is 0. The van der Waals surface area contributed by atoms with Crippen LogP contribution >= 0.6 is 0 Å². The quantitative estimate of drug-likeness (QED) is 0.883. The molecule has 0 atom stereocenters. The molecule has 0 unspecified atom stereocenters. The lowest BCUT2D eigenvalue weighted by Gasteiger charge is -2.36. The van der Waals surface area contributed by atoms with Crippen LogP contribution in [0.2, 0.25) is 0 Å². The molecule has 1 aliphatic heterocycles. The van der Waals surface area contributed by atoms with Crippen LogP contribution in [0.1, 0.15) is 25.5 Å². The Morgan fingerprint density at radius 2 is 2.00 bits per heavy atom. The molecule has 1 N–H and O–H groups in total. The molecule has 1 aliphatic rings. The maximum Gasteiger partial charge on any atom is 0.136 e. The van der Waals surface area contributed by atoms with Crippen LogP contribution in [-0.4, -0.2) is 29.6 Å². The minimum Gasteiger partial charge on any atom is -0.458 e. The number of aliphatic hydroxyl groups is 1. The van der Waals surface area contributed by atoms with Gasteiger partial charge in [-0.15, -0.1) is 0 Å².